The van der Waals surface area contributed by atoms with Crippen LogP contribution in [-0.2, 0) is 4.84 Å². The van der Waals surface area contributed by atoms with Crippen LogP contribution in [0.15, 0.2) is 12.1 Å². The van der Waals surface area contributed by atoms with Crippen LogP contribution in [0.2, 0.25) is 4.34 Å². The van der Waals surface area contributed by atoms with Crippen molar-refractivity contribution in [3.63, 3.8) is 0 Å². The van der Waals surface area contributed by atoms with E-state index in [1.54, 1.807) is 11.3 Å². The SMILES string of the molecule is CC(ON(C)O)[C@@H]1C[C@H]1c1ccc(Cl)s1. The van der Waals surface area contributed by atoms with E-state index in [0.717, 1.165) is 16.0 Å². The van der Waals surface area contributed by atoms with Crippen LogP contribution in [-0.4, -0.2) is 23.6 Å². The molecule has 1 unspecified atom stereocenters. The van der Waals surface area contributed by atoms with Crippen LogP contribution in [0, 0.1) is 5.92 Å². The lowest BCUT2D eigenvalue weighted by Crippen LogP contribution is -2.23. The van der Waals surface area contributed by atoms with Crippen molar-refractivity contribution < 1.29 is 10.0 Å². The summed E-state index contributed by atoms with van der Waals surface area (Å²) in [6, 6.07) is 4.01. The molecule has 0 spiro atoms. The number of halogens is 1. The van der Waals surface area contributed by atoms with E-state index in [2.05, 4.69) is 6.07 Å². The third-order valence-electron chi connectivity index (χ3n) is 2.72. The third kappa shape index (κ3) is 2.71. The van der Waals surface area contributed by atoms with E-state index in [1.807, 2.05) is 13.0 Å². The van der Waals surface area contributed by atoms with Gasteiger partial charge in [0, 0.05) is 11.9 Å². The largest absolute Gasteiger partial charge is 0.290 e. The smallest absolute Gasteiger partial charge is 0.0931 e. The normalized spacial score (nSPS) is 27.0. The van der Waals surface area contributed by atoms with Gasteiger partial charge in [0.05, 0.1) is 10.4 Å². The van der Waals surface area contributed by atoms with Crippen molar-refractivity contribution in [3.05, 3.63) is 21.3 Å². The molecule has 3 nitrogen and oxygen atoms in total. The van der Waals surface area contributed by atoms with Crippen molar-refractivity contribution in [2.24, 2.45) is 5.92 Å². The summed E-state index contributed by atoms with van der Waals surface area (Å²) in [5, 5.41) is 9.73. The maximum absolute atomic E-state index is 8.95. The number of rotatable bonds is 4. The number of nitrogens with zero attached hydrogens (tertiary/aromatic N) is 1. The minimum absolute atomic E-state index is 0.0471. The highest BCUT2D eigenvalue weighted by Gasteiger charge is 2.44. The van der Waals surface area contributed by atoms with Crippen LogP contribution in [0.4, 0.5) is 0 Å². The van der Waals surface area contributed by atoms with Gasteiger partial charge in [0.25, 0.3) is 0 Å². The highest BCUT2D eigenvalue weighted by atomic mass is 35.5. The van der Waals surface area contributed by atoms with Gasteiger partial charge in [0.1, 0.15) is 0 Å². The fourth-order valence-electron chi connectivity index (χ4n) is 1.91. The molecule has 1 aromatic rings. The molecule has 5 heteroatoms. The Morgan fingerprint density at radius 1 is 1.67 bits per heavy atom. The zero-order chi connectivity index (χ0) is 11.0. The quantitative estimate of drug-likeness (QED) is 0.830. The topological polar surface area (TPSA) is 32.7 Å². The Hall–Kier alpha value is -0.130. The molecule has 15 heavy (non-hydrogen) atoms. The molecule has 3 atom stereocenters. The minimum Gasteiger partial charge on any atom is -0.290 e. The predicted molar refractivity (Wildman–Crippen MR) is 60.3 cm³/mol. The van der Waals surface area contributed by atoms with Gasteiger partial charge >= 0.3 is 0 Å². The van der Waals surface area contributed by atoms with Crippen molar-refractivity contribution in [2.75, 3.05) is 7.05 Å². The Labute approximate surface area is 98.1 Å². The van der Waals surface area contributed by atoms with Crippen LogP contribution in [0.5, 0.6) is 0 Å². The lowest BCUT2D eigenvalue weighted by Gasteiger charge is -2.15. The molecule has 84 valence electrons. The van der Waals surface area contributed by atoms with Gasteiger partial charge in [-0.25, -0.2) is 0 Å². The van der Waals surface area contributed by atoms with E-state index >= 15 is 0 Å². The molecule has 1 aliphatic rings. The summed E-state index contributed by atoms with van der Waals surface area (Å²) in [6.45, 7) is 1.98. The van der Waals surface area contributed by atoms with Crippen LogP contribution in [0.25, 0.3) is 0 Å². The summed E-state index contributed by atoms with van der Waals surface area (Å²) in [4.78, 5) is 6.51. The highest BCUT2D eigenvalue weighted by Crippen LogP contribution is 2.52. The molecule has 1 N–H and O–H groups in total. The highest BCUT2D eigenvalue weighted by molar-refractivity contribution is 7.16. The number of hydroxylamine groups is 2. The molecule has 1 aliphatic carbocycles. The molecule has 1 heterocycles. The summed E-state index contributed by atoms with van der Waals surface area (Å²) in [6.07, 6.45) is 1.16. The Balaban J connectivity index is 1.90. The lowest BCUT2D eigenvalue weighted by molar-refractivity contribution is -0.345. The zero-order valence-electron chi connectivity index (χ0n) is 8.68. The van der Waals surface area contributed by atoms with E-state index in [1.165, 1.54) is 11.9 Å². The average molecular weight is 248 g/mol. The van der Waals surface area contributed by atoms with Crippen molar-refractivity contribution in [3.8, 4) is 0 Å². The van der Waals surface area contributed by atoms with E-state index < -0.39 is 0 Å². The van der Waals surface area contributed by atoms with Crippen LogP contribution in [0.1, 0.15) is 24.1 Å². The van der Waals surface area contributed by atoms with Gasteiger partial charge in [-0.1, -0.05) is 16.8 Å². The van der Waals surface area contributed by atoms with Crippen molar-refractivity contribution in [2.45, 2.75) is 25.4 Å². The molecule has 0 aromatic carbocycles. The van der Waals surface area contributed by atoms with E-state index in [4.69, 9.17) is 21.6 Å². The molecule has 1 saturated carbocycles. The van der Waals surface area contributed by atoms with E-state index in [-0.39, 0.29) is 6.10 Å². The Kier molecular flexibility index (Phi) is 3.33. The van der Waals surface area contributed by atoms with Gasteiger partial charge in [-0.15, -0.1) is 11.3 Å². The molecular weight excluding hydrogens is 234 g/mol. The average Bonchev–Trinajstić information content (AvgIpc) is 2.82. The first-order valence-corrected chi connectivity index (χ1v) is 6.12. The molecule has 0 bridgehead atoms. The van der Waals surface area contributed by atoms with Gasteiger partial charge in [0.15, 0.2) is 0 Å². The Morgan fingerprint density at radius 3 is 2.93 bits per heavy atom. The fourth-order valence-corrected chi connectivity index (χ4v) is 3.16. The summed E-state index contributed by atoms with van der Waals surface area (Å²) >= 11 is 7.52. The summed E-state index contributed by atoms with van der Waals surface area (Å²) in [7, 11) is 1.48. The second-order valence-electron chi connectivity index (χ2n) is 3.92. The van der Waals surface area contributed by atoms with Gasteiger partial charge in [-0.3, -0.25) is 10.0 Å². The maximum atomic E-state index is 8.95. The first kappa shape index (κ1) is 11.4. The van der Waals surface area contributed by atoms with Crippen LogP contribution >= 0.6 is 22.9 Å². The lowest BCUT2D eigenvalue weighted by atomic mass is 10.2. The molecule has 0 saturated heterocycles. The molecule has 0 amide bonds. The predicted octanol–water partition coefficient (Wildman–Crippen LogP) is 3.15. The Morgan fingerprint density at radius 2 is 2.40 bits per heavy atom. The summed E-state index contributed by atoms with van der Waals surface area (Å²) in [5.41, 5.74) is 0. The molecule has 2 rings (SSSR count). The first-order chi connectivity index (χ1) is 7.08. The van der Waals surface area contributed by atoms with Crippen LogP contribution < -0.4 is 0 Å². The van der Waals surface area contributed by atoms with Crippen molar-refractivity contribution in [1.82, 2.24) is 5.23 Å². The fraction of sp³-hybridized carbons (Fsp3) is 0.600. The van der Waals surface area contributed by atoms with Gasteiger partial charge in [-0.05, 0) is 37.3 Å². The van der Waals surface area contributed by atoms with E-state index in [9.17, 15) is 0 Å². The second kappa shape index (κ2) is 4.39. The number of hydrogen-bond acceptors (Lipinski definition) is 4. The second-order valence-corrected chi connectivity index (χ2v) is 5.67. The van der Waals surface area contributed by atoms with Gasteiger partial charge in [0.2, 0.25) is 0 Å². The zero-order valence-corrected chi connectivity index (χ0v) is 10.3. The van der Waals surface area contributed by atoms with Crippen molar-refractivity contribution >= 4 is 22.9 Å². The number of thiophene rings is 1. The van der Waals surface area contributed by atoms with E-state index in [0.29, 0.717) is 11.8 Å². The van der Waals surface area contributed by atoms with Gasteiger partial charge in [-0.2, -0.15) is 0 Å². The van der Waals surface area contributed by atoms with Crippen molar-refractivity contribution in [1.29, 1.82) is 0 Å². The minimum atomic E-state index is 0.0471. The molecule has 0 aliphatic heterocycles. The summed E-state index contributed by atoms with van der Waals surface area (Å²) < 4.78 is 0.837. The monoisotopic (exact) mass is 247 g/mol. The van der Waals surface area contributed by atoms with Crippen LogP contribution in [0.3, 0.4) is 0 Å². The number of hydrogen-bond donors (Lipinski definition) is 1. The summed E-state index contributed by atoms with van der Waals surface area (Å²) in [5.74, 6) is 1.05. The third-order valence-corrected chi connectivity index (χ3v) is 4.08. The molecule has 1 fully saturated rings. The molecular formula is C10H14ClNO2S. The first-order valence-electron chi connectivity index (χ1n) is 4.92. The maximum Gasteiger partial charge on any atom is 0.0931 e. The standard InChI is InChI=1S/C10H14ClNO2S/c1-6(14-12(2)13)7-5-8(7)9-3-4-10(11)15-9/h3-4,6-8,13H,5H2,1-2H3/t6?,7-,8+/m0/s1. The molecule has 1 aromatic heterocycles. The van der Waals surface area contributed by atoms with Gasteiger partial charge < -0.3 is 0 Å². The Bertz CT molecular complexity index is 342. The molecule has 0 radical (unpaired) electrons.